The number of hydrogen-bond acceptors (Lipinski definition) is 3. The molecular formula is C12H17NOS2. The Morgan fingerprint density at radius 3 is 2.75 bits per heavy atom. The normalized spacial score (nSPS) is 11.9. The summed E-state index contributed by atoms with van der Waals surface area (Å²) in [6.45, 7) is 4.77. The molecule has 1 aromatic rings. The Morgan fingerprint density at radius 2 is 2.12 bits per heavy atom. The summed E-state index contributed by atoms with van der Waals surface area (Å²) in [5, 5.41) is 3.22. The van der Waals surface area contributed by atoms with Crippen molar-refractivity contribution in [2.75, 3.05) is 12.4 Å². The van der Waals surface area contributed by atoms with Crippen molar-refractivity contribution in [1.82, 2.24) is 5.32 Å². The first-order chi connectivity index (χ1) is 7.72. The molecule has 0 saturated heterocycles. The molecular weight excluding hydrogens is 238 g/mol. The highest BCUT2D eigenvalue weighted by Crippen LogP contribution is 2.09. The van der Waals surface area contributed by atoms with Gasteiger partial charge in [-0.15, -0.1) is 0 Å². The SMILES string of the molecule is CCSC(=S)N[C@@H](C)COc1ccccc1. The van der Waals surface area contributed by atoms with E-state index in [4.69, 9.17) is 17.0 Å². The zero-order chi connectivity index (χ0) is 11.8. The van der Waals surface area contributed by atoms with E-state index in [1.807, 2.05) is 30.3 Å². The molecule has 0 heterocycles. The van der Waals surface area contributed by atoms with Gasteiger partial charge in [-0.3, -0.25) is 0 Å². The maximum Gasteiger partial charge on any atom is 0.134 e. The van der Waals surface area contributed by atoms with Crippen LogP contribution in [0.3, 0.4) is 0 Å². The summed E-state index contributed by atoms with van der Waals surface area (Å²) in [6.07, 6.45) is 0. The Morgan fingerprint density at radius 1 is 1.44 bits per heavy atom. The Bertz CT molecular complexity index is 316. The molecule has 4 heteroatoms. The molecule has 1 aromatic carbocycles. The van der Waals surface area contributed by atoms with Crippen LogP contribution < -0.4 is 10.1 Å². The molecule has 0 unspecified atom stereocenters. The average Bonchev–Trinajstić information content (AvgIpc) is 2.28. The molecule has 16 heavy (non-hydrogen) atoms. The Labute approximate surface area is 107 Å². The van der Waals surface area contributed by atoms with Crippen LogP contribution in [0, 0.1) is 0 Å². The standard InChI is InChI=1S/C12H17NOS2/c1-3-16-12(15)13-10(2)9-14-11-7-5-4-6-8-11/h4-8,10H,3,9H2,1-2H3,(H,13,15)/t10-/m0/s1. The monoisotopic (exact) mass is 255 g/mol. The van der Waals surface area contributed by atoms with Crippen molar-refractivity contribution in [2.24, 2.45) is 0 Å². The smallest absolute Gasteiger partial charge is 0.134 e. The minimum Gasteiger partial charge on any atom is -0.491 e. The number of thioether (sulfide) groups is 1. The van der Waals surface area contributed by atoms with Crippen LogP contribution in [-0.4, -0.2) is 22.7 Å². The molecule has 0 spiro atoms. The summed E-state index contributed by atoms with van der Waals surface area (Å²) >= 11 is 6.80. The first-order valence-corrected chi connectivity index (χ1v) is 6.73. The number of hydrogen-bond donors (Lipinski definition) is 1. The summed E-state index contributed by atoms with van der Waals surface area (Å²) in [7, 11) is 0. The van der Waals surface area contributed by atoms with Crippen LogP contribution in [-0.2, 0) is 0 Å². The minimum atomic E-state index is 0.228. The van der Waals surface area contributed by atoms with Crippen LogP contribution in [0.25, 0.3) is 0 Å². The zero-order valence-electron chi connectivity index (χ0n) is 9.60. The molecule has 2 nitrogen and oxygen atoms in total. The molecule has 1 rings (SSSR count). The van der Waals surface area contributed by atoms with Crippen LogP contribution in [0.15, 0.2) is 30.3 Å². The highest BCUT2D eigenvalue weighted by atomic mass is 32.2. The highest BCUT2D eigenvalue weighted by molar-refractivity contribution is 8.22. The van der Waals surface area contributed by atoms with E-state index >= 15 is 0 Å². The molecule has 0 fully saturated rings. The van der Waals surface area contributed by atoms with E-state index in [9.17, 15) is 0 Å². The van der Waals surface area contributed by atoms with Gasteiger partial charge in [0.1, 0.15) is 16.7 Å². The zero-order valence-corrected chi connectivity index (χ0v) is 11.2. The summed E-state index contributed by atoms with van der Waals surface area (Å²) < 4.78 is 6.45. The van der Waals surface area contributed by atoms with Gasteiger partial charge in [0.05, 0.1) is 6.04 Å². The van der Waals surface area contributed by atoms with E-state index in [1.54, 1.807) is 11.8 Å². The third-order valence-electron chi connectivity index (χ3n) is 1.88. The fraction of sp³-hybridized carbons (Fsp3) is 0.417. The maximum atomic E-state index is 5.62. The largest absolute Gasteiger partial charge is 0.491 e. The van der Waals surface area contributed by atoms with Gasteiger partial charge in [-0.1, -0.05) is 49.1 Å². The summed E-state index contributed by atoms with van der Waals surface area (Å²) in [4.78, 5) is 0. The number of benzene rings is 1. The molecule has 1 N–H and O–H groups in total. The van der Waals surface area contributed by atoms with Gasteiger partial charge in [0, 0.05) is 0 Å². The van der Waals surface area contributed by atoms with Crippen molar-refractivity contribution in [1.29, 1.82) is 0 Å². The van der Waals surface area contributed by atoms with Crippen molar-refractivity contribution < 1.29 is 4.74 Å². The van der Waals surface area contributed by atoms with Crippen LogP contribution in [0.2, 0.25) is 0 Å². The average molecular weight is 255 g/mol. The van der Waals surface area contributed by atoms with Crippen LogP contribution >= 0.6 is 24.0 Å². The van der Waals surface area contributed by atoms with Crippen molar-refractivity contribution in [3.05, 3.63) is 30.3 Å². The molecule has 0 aliphatic carbocycles. The maximum absolute atomic E-state index is 5.62. The second-order valence-electron chi connectivity index (χ2n) is 3.39. The lowest BCUT2D eigenvalue weighted by atomic mass is 10.3. The quantitative estimate of drug-likeness (QED) is 0.816. The molecule has 0 radical (unpaired) electrons. The first-order valence-electron chi connectivity index (χ1n) is 5.33. The van der Waals surface area contributed by atoms with Gasteiger partial charge >= 0.3 is 0 Å². The topological polar surface area (TPSA) is 21.3 Å². The van der Waals surface area contributed by atoms with E-state index in [1.165, 1.54) is 0 Å². The molecule has 0 aliphatic rings. The predicted octanol–water partition coefficient (Wildman–Crippen LogP) is 3.08. The van der Waals surface area contributed by atoms with Gasteiger partial charge in [-0.05, 0) is 24.8 Å². The van der Waals surface area contributed by atoms with E-state index in [0.717, 1.165) is 15.8 Å². The molecule has 0 aromatic heterocycles. The number of para-hydroxylation sites is 1. The second kappa shape index (κ2) is 7.52. The van der Waals surface area contributed by atoms with Gasteiger partial charge in [0.25, 0.3) is 0 Å². The molecule has 0 aliphatic heterocycles. The number of ether oxygens (including phenoxy) is 1. The molecule has 0 amide bonds. The predicted molar refractivity (Wildman–Crippen MR) is 75.3 cm³/mol. The number of thiocarbonyl (C=S) groups is 1. The minimum absolute atomic E-state index is 0.228. The van der Waals surface area contributed by atoms with Crippen LogP contribution in [0.5, 0.6) is 5.75 Å². The van der Waals surface area contributed by atoms with Crippen molar-refractivity contribution >= 4 is 28.3 Å². The van der Waals surface area contributed by atoms with Gasteiger partial charge in [0.2, 0.25) is 0 Å². The van der Waals surface area contributed by atoms with Gasteiger partial charge in [-0.2, -0.15) is 0 Å². The van der Waals surface area contributed by atoms with Gasteiger partial charge < -0.3 is 10.1 Å². The Kier molecular flexibility index (Phi) is 6.26. The highest BCUT2D eigenvalue weighted by Gasteiger charge is 2.04. The molecule has 88 valence electrons. The van der Waals surface area contributed by atoms with Crippen molar-refractivity contribution in [3.8, 4) is 5.75 Å². The molecule has 0 saturated carbocycles. The molecule has 1 atom stereocenters. The fourth-order valence-corrected chi connectivity index (χ4v) is 2.26. The summed E-state index contributed by atoms with van der Waals surface area (Å²) in [5.74, 6) is 1.89. The third-order valence-corrected chi connectivity index (χ3v) is 3.02. The lowest BCUT2D eigenvalue weighted by molar-refractivity contribution is 0.287. The van der Waals surface area contributed by atoms with Gasteiger partial charge in [-0.25, -0.2) is 0 Å². The molecule has 0 bridgehead atoms. The fourth-order valence-electron chi connectivity index (χ4n) is 1.15. The second-order valence-corrected chi connectivity index (χ2v) is 5.33. The van der Waals surface area contributed by atoms with E-state index < -0.39 is 0 Å². The summed E-state index contributed by atoms with van der Waals surface area (Å²) in [6, 6.07) is 10.0. The Balaban J connectivity index is 2.25. The van der Waals surface area contributed by atoms with Crippen molar-refractivity contribution in [3.63, 3.8) is 0 Å². The van der Waals surface area contributed by atoms with E-state index in [2.05, 4.69) is 19.2 Å². The van der Waals surface area contributed by atoms with Gasteiger partial charge in [0.15, 0.2) is 0 Å². The van der Waals surface area contributed by atoms with Crippen LogP contribution in [0.1, 0.15) is 13.8 Å². The number of rotatable bonds is 5. The lowest BCUT2D eigenvalue weighted by Gasteiger charge is -2.15. The van der Waals surface area contributed by atoms with E-state index in [-0.39, 0.29) is 6.04 Å². The number of nitrogens with one attached hydrogen (secondary N) is 1. The third kappa shape index (κ3) is 5.37. The lowest BCUT2D eigenvalue weighted by Crippen LogP contribution is -2.34. The summed E-state index contributed by atoms with van der Waals surface area (Å²) in [5.41, 5.74) is 0. The van der Waals surface area contributed by atoms with Crippen molar-refractivity contribution in [2.45, 2.75) is 19.9 Å². The first kappa shape index (κ1) is 13.3. The van der Waals surface area contributed by atoms with E-state index in [0.29, 0.717) is 6.61 Å². The Hall–Kier alpha value is -0.740. The van der Waals surface area contributed by atoms with Crippen LogP contribution in [0.4, 0.5) is 0 Å².